The highest BCUT2D eigenvalue weighted by molar-refractivity contribution is 5.81. The molecule has 0 heterocycles. The van der Waals surface area contributed by atoms with Crippen molar-refractivity contribution in [2.75, 3.05) is 13.2 Å². The van der Waals surface area contributed by atoms with Crippen LogP contribution in [0.25, 0.3) is 0 Å². The van der Waals surface area contributed by atoms with Gasteiger partial charge in [-0.15, -0.1) is 0 Å². The average Bonchev–Trinajstić information content (AvgIpc) is 2.68. The Morgan fingerprint density at radius 3 is 1.08 bits per heavy atom. The lowest BCUT2D eigenvalue weighted by molar-refractivity contribution is -0.283. The molecule has 2 atom stereocenters. The first kappa shape index (κ1) is 34.6. The van der Waals surface area contributed by atoms with Crippen molar-refractivity contribution in [2.24, 2.45) is 22.7 Å². The number of carbonyl (C=O) groups is 4. The molecule has 2 unspecified atom stereocenters. The van der Waals surface area contributed by atoms with Gasteiger partial charge in [0.15, 0.2) is 11.6 Å². The monoisotopic (exact) mass is 510 g/mol. The van der Waals surface area contributed by atoms with Gasteiger partial charge in [0.1, 0.15) is 24.8 Å². The first-order valence-corrected chi connectivity index (χ1v) is 13.9. The van der Waals surface area contributed by atoms with Gasteiger partial charge in [0.25, 0.3) is 0 Å². The molecule has 0 aliphatic rings. The van der Waals surface area contributed by atoms with Crippen molar-refractivity contribution in [3.63, 3.8) is 0 Å². The lowest BCUT2D eigenvalue weighted by atomic mass is 9.83. The third-order valence-electron chi connectivity index (χ3n) is 5.92. The Labute approximate surface area is 220 Å². The highest BCUT2D eigenvalue weighted by Crippen LogP contribution is 2.27. The molecule has 6 heteroatoms. The Morgan fingerprint density at radius 1 is 0.528 bits per heavy atom. The van der Waals surface area contributed by atoms with Gasteiger partial charge in [0.05, 0.1) is 0 Å². The Morgan fingerprint density at radius 2 is 0.806 bits per heavy atom. The predicted molar refractivity (Wildman–Crippen MR) is 145 cm³/mol. The van der Waals surface area contributed by atoms with E-state index < -0.39 is 0 Å². The summed E-state index contributed by atoms with van der Waals surface area (Å²) in [6, 6.07) is 0. The van der Waals surface area contributed by atoms with Crippen LogP contribution >= 0.6 is 0 Å². The molecule has 0 fully saturated rings. The van der Waals surface area contributed by atoms with Crippen LogP contribution in [-0.4, -0.2) is 36.3 Å². The van der Waals surface area contributed by atoms with Crippen LogP contribution in [0.2, 0.25) is 0 Å². The summed E-state index contributed by atoms with van der Waals surface area (Å²) in [6.45, 7) is 17.0. The molecule has 0 radical (unpaired) electrons. The molecule has 0 N–H and O–H groups in total. The van der Waals surface area contributed by atoms with E-state index in [4.69, 9.17) is 9.78 Å². The number of carbonyl (C=O) groups excluding carboxylic acids is 4. The maximum atomic E-state index is 12.1. The first-order valence-electron chi connectivity index (χ1n) is 13.9. The molecule has 0 bridgehead atoms. The number of ketones is 4. The van der Waals surface area contributed by atoms with Crippen LogP contribution in [0.3, 0.4) is 0 Å². The molecule has 0 aliphatic heterocycles. The summed E-state index contributed by atoms with van der Waals surface area (Å²) < 4.78 is 0. The predicted octanol–water partition coefficient (Wildman–Crippen LogP) is 7.26. The molecule has 0 saturated heterocycles. The summed E-state index contributed by atoms with van der Waals surface area (Å²) in [7, 11) is 0. The summed E-state index contributed by atoms with van der Waals surface area (Å²) in [5.41, 5.74) is 0.452. The van der Waals surface area contributed by atoms with E-state index in [-0.39, 0.29) is 47.2 Å². The largest absolute Gasteiger partial charge is 0.300 e. The van der Waals surface area contributed by atoms with Gasteiger partial charge >= 0.3 is 0 Å². The number of unbranched alkanes of at least 4 members (excludes halogenated alkanes) is 2. The van der Waals surface area contributed by atoms with Gasteiger partial charge in [-0.2, -0.15) is 0 Å². The molecule has 0 aliphatic carbocycles. The van der Waals surface area contributed by atoms with Crippen molar-refractivity contribution < 1.29 is 29.0 Å². The molecule has 6 nitrogen and oxygen atoms in total. The van der Waals surface area contributed by atoms with E-state index in [1.165, 1.54) is 0 Å². The smallest absolute Gasteiger partial charge is 0.161 e. The Bertz CT molecular complexity index is 610. The molecule has 0 rings (SSSR count). The van der Waals surface area contributed by atoms with E-state index in [1.54, 1.807) is 0 Å². The lowest BCUT2D eigenvalue weighted by Crippen LogP contribution is -2.15. The molecule has 0 aromatic carbocycles. The quantitative estimate of drug-likeness (QED) is 0.0917. The van der Waals surface area contributed by atoms with Crippen LogP contribution in [0.15, 0.2) is 0 Å². The van der Waals surface area contributed by atoms with E-state index >= 15 is 0 Å². The summed E-state index contributed by atoms with van der Waals surface area (Å²) in [4.78, 5) is 57.7. The second-order valence-corrected chi connectivity index (χ2v) is 13.2. The van der Waals surface area contributed by atoms with Gasteiger partial charge in [-0.05, 0) is 61.2 Å². The number of Topliss-reactive ketones (excluding diaryl/α,β-unsaturated/α-hetero) is 4. The van der Waals surface area contributed by atoms with E-state index in [1.807, 2.05) is 0 Å². The molecule has 0 amide bonds. The Kier molecular flexibility index (Phi) is 17.3. The maximum Gasteiger partial charge on any atom is 0.161 e. The fourth-order valence-electron chi connectivity index (χ4n) is 4.86. The zero-order valence-corrected chi connectivity index (χ0v) is 24.5. The van der Waals surface area contributed by atoms with E-state index in [9.17, 15) is 19.2 Å². The fraction of sp³-hybridized carbons (Fsp3) is 0.867. The first-order chi connectivity index (χ1) is 16.6. The fourth-order valence-corrected chi connectivity index (χ4v) is 4.86. The van der Waals surface area contributed by atoms with Gasteiger partial charge in [-0.25, -0.2) is 9.78 Å². The summed E-state index contributed by atoms with van der Waals surface area (Å²) in [5.74, 6) is 1.07. The zero-order chi connectivity index (χ0) is 27.8. The number of hydrogen-bond donors (Lipinski definition) is 0. The molecule has 36 heavy (non-hydrogen) atoms. The van der Waals surface area contributed by atoms with Crippen LogP contribution < -0.4 is 0 Å². The summed E-state index contributed by atoms with van der Waals surface area (Å²) >= 11 is 0. The third kappa shape index (κ3) is 23.0. The minimum atomic E-state index is -0.189. The van der Waals surface area contributed by atoms with E-state index in [0.717, 1.165) is 12.8 Å². The summed E-state index contributed by atoms with van der Waals surface area (Å²) in [5, 5.41) is 0. The van der Waals surface area contributed by atoms with Crippen LogP contribution in [0.1, 0.15) is 132 Å². The topological polar surface area (TPSA) is 86.7 Å². The maximum absolute atomic E-state index is 12.1. The molecule has 0 spiro atoms. The second kappa shape index (κ2) is 18.0. The third-order valence-corrected chi connectivity index (χ3v) is 5.92. The molecular formula is C30H54O6. The molecule has 0 aromatic heterocycles. The molecule has 0 saturated carbocycles. The van der Waals surface area contributed by atoms with Crippen LogP contribution in [0.5, 0.6) is 0 Å². The lowest BCUT2D eigenvalue weighted by Gasteiger charge is -2.22. The van der Waals surface area contributed by atoms with Crippen molar-refractivity contribution >= 4 is 23.1 Å². The van der Waals surface area contributed by atoms with Crippen molar-refractivity contribution in [1.29, 1.82) is 0 Å². The zero-order valence-electron chi connectivity index (χ0n) is 24.5. The highest BCUT2D eigenvalue weighted by atomic mass is 17.2. The molecular weight excluding hydrogens is 456 g/mol. The van der Waals surface area contributed by atoms with Crippen molar-refractivity contribution in [3.05, 3.63) is 0 Å². The standard InChI is InChI=1S/C30H54O6/c1-23(19-29(3,4)5)17-25(31)13-9-11-15-27(33)21-35-36-22-28(34)16-12-10-14-26(32)18-24(2)20-30(6,7)8/h23-24H,9-22H2,1-8H3. The number of hydrogen-bond acceptors (Lipinski definition) is 6. The van der Waals surface area contributed by atoms with Gasteiger partial charge in [-0.3, -0.25) is 19.2 Å². The highest BCUT2D eigenvalue weighted by Gasteiger charge is 2.18. The average molecular weight is 511 g/mol. The van der Waals surface area contributed by atoms with Crippen LogP contribution in [-0.2, 0) is 29.0 Å². The van der Waals surface area contributed by atoms with Gasteiger partial charge < -0.3 is 0 Å². The van der Waals surface area contributed by atoms with Crippen molar-refractivity contribution in [3.8, 4) is 0 Å². The molecule has 0 aromatic rings. The van der Waals surface area contributed by atoms with Gasteiger partial charge in [0, 0.05) is 38.5 Å². The van der Waals surface area contributed by atoms with E-state index in [2.05, 4.69) is 55.4 Å². The van der Waals surface area contributed by atoms with Crippen molar-refractivity contribution in [1.82, 2.24) is 0 Å². The van der Waals surface area contributed by atoms with Crippen LogP contribution in [0, 0.1) is 22.7 Å². The summed E-state index contributed by atoms with van der Waals surface area (Å²) in [6.07, 6.45) is 7.63. The number of rotatable bonds is 21. The Hall–Kier alpha value is -1.40. The second-order valence-electron chi connectivity index (χ2n) is 13.2. The minimum absolute atomic E-state index is 0.102. The Balaban J connectivity index is 3.73. The van der Waals surface area contributed by atoms with Gasteiger partial charge in [0.2, 0.25) is 0 Å². The SMILES string of the molecule is CC(CC(=O)CCCCC(=O)COOCC(=O)CCCCC(=O)CC(C)CC(C)(C)C)CC(C)(C)C. The van der Waals surface area contributed by atoms with Gasteiger partial charge in [-0.1, -0.05) is 55.4 Å². The van der Waals surface area contributed by atoms with E-state index in [0.29, 0.717) is 76.0 Å². The minimum Gasteiger partial charge on any atom is -0.300 e. The normalized spacial score (nSPS) is 13.9. The van der Waals surface area contributed by atoms with Crippen LogP contribution in [0.4, 0.5) is 0 Å². The molecule has 210 valence electrons. The van der Waals surface area contributed by atoms with Crippen molar-refractivity contribution in [2.45, 2.75) is 132 Å².